The van der Waals surface area contributed by atoms with E-state index in [4.69, 9.17) is 9.47 Å². The Bertz CT molecular complexity index is 755. The van der Waals surface area contributed by atoms with Gasteiger partial charge in [0.1, 0.15) is 18.1 Å². The third kappa shape index (κ3) is 6.02. The fourth-order valence-electron chi connectivity index (χ4n) is 2.85. The third-order valence-electron chi connectivity index (χ3n) is 4.48. The van der Waals surface area contributed by atoms with Gasteiger partial charge in [0.25, 0.3) is 5.91 Å². The quantitative estimate of drug-likeness (QED) is 0.647. The van der Waals surface area contributed by atoms with E-state index in [-0.39, 0.29) is 5.91 Å². The summed E-state index contributed by atoms with van der Waals surface area (Å²) in [6.07, 6.45) is 0.101. The molecule has 1 atom stereocenters. The molecule has 2 aromatic carbocycles. The first-order chi connectivity index (χ1) is 12.9. The van der Waals surface area contributed by atoms with E-state index in [0.717, 1.165) is 22.6 Å². The average molecular weight is 370 g/mol. The zero-order chi connectivity index (χ0) is 19.8. The number of para-hydroxylation sites is 1. The normalized spacial score (nSPS) is 11.9. The van der Waals surface area contributed by atoms with Crippen molar-refractivity contribution < 1.29 is 14.3 Å². The zero-order valence-electron chi connectivity index (χ0n) is 17.0. The van der Waals surface area contributed by atoms with E-state index in [9.17, 15) is 4.79 Å². The van der Waals surface area contributed by atoms with Crippen LogP contribution in [0.15, 0.2) is 42.5 Å². The molecule has 0 aliphatic carbocycles. The van der Waals surface area contributed by atoms with Gasteiger partial charge in [0.05, 0.1) is 6.54 Å². The lowest BCUT2D eigenvalue weighted by Gasteiger charge is -2.19. The number of hydrogen-bond acceptors (Lipinski definition) is 3. The maximum atomic E-state index is 12.5. The fraction of sp³-hybridized carbons (Fsp3) is 0.435. The van der Waals surface area contributed by atoms with Gasteiger partial charge in [-0.1, -0.05) is 51.1 Å². The van der Waals surface area contributed by atoms with E-state index in [2.05, 4.69) is 25.2 Å². The van der Waals surface area contributed by atoms with Crippen molar-refractivity contribution in [2.75, 3.05) is 13.2 Å². The first kappa shape index (κ1) is 20.8. The molecule has 0 bridgehead atoms. The highest BCUT2D eigenvalue weighted by molar-refractivity contribution is 5.81. The van der Waals surface area contributed by atoms with Crippen LogP contribution in [-0.2, 0) is 4.79 Å². The summed E-state index contributed by atoms with van der Waals surface area (Å²) in [5.74, 6) is 1.92. The van der Waals surface area contributed by atoms with Gasteiger partial charge in [-0.2, -0.15) is 0 Å². The average Bonchev–Trinajstić information content (AvgIpc) is 2.65. The monoisotopic (exact) mass is 369 g/mol. The Morgan fingerprint density at radius 1 is 1.07 bits per heavy atom. The molecule has 0 unspecified atom stereocenters. The van der Waals surface area contributed by atoms with E-state index < -0.39 is 6.10 Å². The number of rotatable bonds is 9. The molecule has 2 aromatic rings. The second kappa shape index (κ2) is 10.0. The van der Waals surface area contributed by atoms with Crippen LogP contribution in [0.2, 0.25) is 0 Å². The van der Waals surface area contributed by atoms with E-state index in [1.54, 1.807) is 0 Å². The summed E-state index contributed by atoms with van der Waals surface area (Å²) in [6, 6.07) is 14.0. The molecule has 0 saturated heterocycles. The fourth-order valence-corrected chi connectivity index (χ4v) is 2.85. The van der Waals surface area contributed by atoms with Crippen LogP contribution < -0.4 is 14.8 Å². The Morgan fingerprint density at radius 2 is 1.81 bits per heavy atom. The molecule has 0 fully saturated rings. The number of nitrogens with one attached hydrogen (secondary N) is 1. The van der Waals surface area contributed by atoms with Crippen LogP contribution in [0.25, 0.3) is 0 Å². The summed E-state index contributed by atoms with van der Waals surface area (Å²) < 4.78 is 11.8. The molecule has 0 aliphatic heterocycles. The molecule has 4 heteroatoms. The molecule has 1 amide bonds. The largest absolute Gasteiger partial charge is 0.491 e. The Hall–Kier alpha value is -2.49. The van der Waals surface area contributed by atoms with Gasteiger partial charge in [-0.25, -0.2) is 0 Å². The van der Waals surface area contributed by atoms with Gasteiger partial charge < -0.3 is 14.8 Å². The van der Waals surface area contributed by atoms with Crippen molar-refractivity contribution in [1.82, 2.24) is 5.32 Å². The molecule has 1 N–H and O–H groups in total. The number of amides is 1. The molecule has 4 nitrogen and oxygen atoms in total. The van der Waals surface area contributed by atoms with Gasteiger partial charge in [0.15, 0.2) is 6.10 Å². The molecule has 2 rings (SSSR count). The molecule has 0 saturated carbocycles. The molecule has 146 valence electrons. The minimum absolute atomic E-state index is 0.112. The topological polar surface area (TPSA) is 47.6 Å². The summed E-state index contributed by atoms with van der Waals surface area (Å²) in [7, 11) is 0. The first-order valence-electron chi connectivity index (χ1n) is 9.65. The molecule has 0 heterocycles. The van der Waals surface area contributed by atoms with Crippen molar-refractivity contribution in [2.45, 2.75) is 53.1 Å². The predicted octanol–water partition coefficient (Wildman–Crippen LogP) is 4.78. The number of carbonyl (C=O) groups excluding carboxylic acids is 1. The highest BCUT2D eigenvalue weighted by Gasteiger charge is 2.19. The Morgan fingerprint density at radius 3 is 2.52 bits per heavy atom. The van der Waals surface area contributed by atoms with Crippen LogP contribution in [0.3, 0.4) is 0 Å². The number of ether oxygens (including phenoxy) is 2. The van der Waals surface area contributed by atoms with Crippen LogP contribution >= 0.6 is 0 Å². The van der Waals surface area contributed by atoms with E-state index in [1.807, 2.05) is 57.2 Å². The summed E-state index contributed by atoms with van der Waals surface area (Å²) in [5.41, 5.74) is 3.32. The van der Waals surface area contributed by atoms with E-state index in [1.165, 1.54) is 5.56 Å². The minimum atomic E-state index is -0.506. The summed E-state index contributed by atoms with van der Waals surface area (Å²) in [5, 5.41) is 2.92. The lowest BCUT2D eigenvalue weighted by molar-refractivity contribution is -0.128. The van der Waals surface area contributed by atoms with Crippen LogP contribution in [0.1, 0.15) is 49.8 Å². The van der Waals surface area contributed by atoms with Gasteiger partial charge in [-0.05, 0) is 55.0 Å². The van der Waals surface area contributed by atoms with Gasteiger partial charge in [0, 0.05) is 0 Å². The summed E-state index contributed by atoms with van der Waals surface area (Å²) in [4.78, 5) is 12.5. The highest BCUT2D eigenvalue weighted by atomic mass is 16.5. The lowest BCUT2D eigenvalue weighted by atomic mass is 10.0. The maximum Gasteiger partial charge on any atom is 0.261 e. The number of aryl methyl sites for hydroxylation is 2. The summed E-state index contributed by atoms with van der Waals surface area (Å²) in [6.45, 7) is 11.1. The molecule has 0 aromatic heterocycles. The van der Waals surface area contributed by atoms with Crippen molar-refractivity contribution in [3.05, 3.63) is 59.2 Å². The van der Waals surface area contributed by atoms with Crippen molar-refractivity contribution in [3.8, 4) is 11.5 Å². The van der Waals surface area contributed by atoms with Crippen LogP contribution in [-0.4, -0.2) is 25.2 Å². The molecule has 0 spiro atoms. The second-order valence-corrected chi connectivity index (χ2v) is 7.12. The Balaban J connectivity index is 1.86. The molecular formula is C23H31NO3. The number of carbonyl (C=O) groups is 1. The van der Waals surface area contributed by atoms with Gasteiger partial charge in [-0.3, -0.25) is 4.79 Å². The molecular weight excluding hydrogens is 338 g/mol. The number of hydrogen-bond donors (Lipinski definition) is 1. The Kier molecular flexibility index (Phi) is 7.71. The standard InChI is InChI=1S/C23H31NO3/c1-6-20(27-22-15-17(4)11-12-18(22)5)23(25)24-13-14-26-21-10-8-7-9-19(21)16(2)3/h7-12,15-16,20H,6,13-14H2,1-5H3,(H,24,25)/t20-/m1/s1. The van der Waals surface area contributed by atoms with Crippen molar-refractivity contribution in [1.29, 1.82) is 0 Å². The van der Waals surface area contributed by atoms with E-state index >= 15 is 0 Å². The SMILES string of the molecule is CC[C@@H](Oc1cc(C)ccc1C)C(=O)NCCOc1ccccc1C(C)C. The van der Waals surface area contributed by atoms with Gasteiger partial charge in [-0.15, -0.1) is 0 Å². The third-order valence-corrected chi connectivity index (χ3v) is 4.48. The van der Waals surface area contributed by atoms with Crippen LogP contribution in [0, 0.1) is 13.8 Å². The number of benzene rings is 2. The lowest BCUT2D eigenvalue weighted by Crippen LogP contribution is -2.39. The zero-order valence-corrected chi connectivity index (χ0v) is 17.0. The maximum absolute atomic E-state index is 12.5. The second-order valence-electron chi connectivity index (χ2n) is 7.12. The van der Waals surface area contributed by atoms with Crippen molar-refractivity contribution in [2.24, 2.45) is 0 Å². The summed E-state index contributed by atoms with van der Waals surface area (Å²) >= 11 is 0. The van der Waals surface area contributed by atoms with Gasteiger partial charge in [0.2, 0.25) is 0 Å². The molecule has 0 aliphatic rings. The van der Waals surface area contributed by atoms with E-state index in [0.29, 0.717) is 25.5 Å². The van der Waals surface area contributed by atoms with Gasteiger partial charge >= 0.3 is 0 Å². The first-order valence-corrected chi connectivity index (χ1v) is 9.65. The molecule has 27 heavy (non-hydrogen) atoms. The van der Waals surface area contributed by atoms with Crippen molar-refractivity contribution in [3.63, 3.8) is 0 Å². The minimum Gasteiger partial charge on any atom is -0.491 e. The smallest absolute Gasteiger partial charge is 0.261 e. The highest BCUT2D eigenvalue weighted by Crippen LogP contribution is 2.25. The van der Waals surface area contributed by atoms with Crippen LogP contribution in [0.5, 0.6) is 11.5 Å². The van der Waals surface area contributed by atoms with Crippen molar-refractivity contribution >= 4 is 5.91 Å². The molecule has 0 radical (unpaired) electrons. The van der Waals surface area contributed by atoms with Crippen LogP contribution in [0.4, 0.5) is 0 Å². The Labute approximate surface area is 162 Å². The predicted molar refractivity (Wildman–Crippen MR) is 110 cm³/mol.